The van der Waals surface area contributed by atoms with Crippen molar-refractivity contribution < 1.29 is 9.13 Å². The van der Waals surface area contributed by atoms with E-state index in [2.05, 4.69) is 51.7 Å². The summed E-state index contributed by atoms with van der Waals surface area (Å²) < 4.78 is 18.9. The number of hydrogen-bond acceptors (Lipinski definition) is 3. The van der Waals surface area contributed by atoms with Crippen molar-refractivity contribution in [3.05, 3.63) is 71.0 Å². The molecule has 1 aliphatic rings. The van der Waals surface area contributed by atoms with E-state index in [9.17, 15) is 4.39 Å². The zero-order valence-corrected chi connectivity index (χ0v) is 16.6. The number of rotatable bonds is 6. The number of aryl methyl sites for hydroxylation is 1. The minimum Gasteiger partial charge on any atom is -0.379 e. The number of hydrogen-bond donors (Lipinski definition) is 2. The fraction of sp³-hybridized carbons (Fsp3) is 0.409. The zero-order valence-electron chi connectivity index (χ0n) is 16.6. The number of ether oxygens (including phenoxy) is 1. The molecule has 1 saturated heterocycles. The Morgan fingerprint density at radius 3 is 2.57 bits per heavy atom. The Kier molecular flexibility index (Phi) is 7.39. The van der Waals surface area contributed by atoms with Gasteiger partial charge in [0.2, 0.25) is 0 Å². The topological polar surface area (TPSA) is 48.9 Å². The lowest BCUT2D eigenvalue weighted by molar-refractivity contribution is 0.0170. The second kappa shape index (κ2) is 10.2. The molecule has 1 aliphatic heterocycles. The number of benzene rings is 2. The summed E-state index contributed by atoms with van der Waals surface area (Å²) in [6, 6.07) is 15.3. The highest BCUT2D eigenvalue weighted by molar-refractivity contribution is 5.79. The largest absolute Gasteiger partial charge is 0.379 e. The van der Waals surface area contributed by atoms with Gasteiger partial charge in [0.25, 0.3) is 0 Å². The fourth-order valence-electron chi connectivity index (χ4n) is 3.45. The molecule has 0 spiro atoms. The highest BCUT2D eigenvalue weighted by Crippen LogP contribution is 2.21. The summed E-state index contributed by atoms with van der Waals surface area (Å²) in [6.07, 6.45) is 0. The number of halogens is 1. The van der Waals surface area contributed by atoms with E-state index in [1.54, 1.807) is 7.05 Å². The molecule has 150 valence electrons. The molecule has 0 bridgehead atoms. The maximum Gasteiger partial charge on any atom is 0.191 e. The molecule has 1 unspecified atom stereocenters. The van der Waals surface area contributed by atoms with Crippen LogP contribution < -0.4 is 10.6 Å². The first-order valence-electron chi connectivity index (χ1n) is 9.73. The van der Waals surface area contributed by atoms with Gasteiger partial charge >= 0.3 is 0 Å². The minimum atomic E-state index is -0.215. The third kappa shape index (κ3) is 5.78. The van der Waals surface area contributed by atoms with Gasteiger partial charge in [0.15, 0.2) is 5.96 Å². The quantitative estimate of drug-likeness (QED) is 0.594. The number of nitrogens with one attached hydrogen (secondary N) is 2. The molecule has 28 heavy (non-hydrogen) atoms. The molecule has 2 aromatic carbocycles. The predicted octanol–water partition coefficient (Wildman–Crippen LogP) is 2.87. The molecule has 0 amide bonds. The molecule has 2 N–H and O–H groups in total. The highest BCUT2D eigenvalue weighted by atomic mass is 19.1. The van der Waals surface area contributed by atoms with Crippen molar-refractivity contribution in [2.75, 3.05) is 39.9 Å². The van der Waals surface area contributed by atoms with Gasteiger partial charge in [-0.1, -0.05) is 42.0 Å². The molecular formula is C22H29FN4O. The number of morpholine rings is 1. The van der Waals surface area contributed by atoms with Crippen molar-refractivity contribution in [3.8, 4) is 0 Å². The van der Waals surface area contributed by atoms with Crippen LogP contribution >= 0.6 is 0 Å². The molecule has 0 aliphatic carbocycles. The first-order chi connectivity index (χ1) is 13.7. The Morgan fingerprint density at radius 1 is 1.14 bits per heavy atom. The Hall–Kier alpha value is -2.44. The normalized spacial score (nSPS) is 16.6. The lowest BCUT2D eigenvalue weighted by atomic mass is 10.0. The smallest absolute Gasteiger partial charge is 0.191 e. The summed E-state index contributed by atoms with van der Waals surface area (Å²) in [5.41, 5.74) is 3.54. The Labute approximate surface area is 166 Å². The van der Waals surface area contributed by atoms with Crippen molar-refractivity contribution in [2.45, 2.75) is 19.5 Å². The van der Waals surface area contributed by atoms with Gasteiger partial charge in [0, 0.05) is 33.2 Å². The molecule has 1 fully saturated rings. The van der Waals surface area contributed by atoms with E-state index in [1.807, 2.05) is 12.1 Å². The Balaban J connectivity index is 1.63. The molecule has 0 aromatic heterocycles. The van der Waals surface area contributed by atoms with Crippen molar-refractivity contribution in [2.24, 2.45) is 4.99 Å². The third-order valence-corrected chi connectivity index (χ3v) is 4.97. The van der Waals surface area contributed by atoms with Crippen LogP contribution in [0.2, 0.25) is 0 Å². The van der Waals surface area contributed by atoms with Crippen LogP contribution in [0, 0.1) is 12.7 Å². The van der Waals surface area contributed by atoms with Crippen LogP contribution in [-0.2, 0) is 11.3 Å². The summed E-state index contributed by atoms with van der Waals surface area (Å²) in [7, 11) is 1.77. The molecule has 6 heteroatoms. The maximum absolute atomic E-state index is 13.4. The van der Waals surface area contributed by atoms with Crippen LogP contribution in [-0.4, -0.2) is 50.8 Å². The first-order valence-corrected chi connectivity index (χ1v) is 9.73. The first kappa shape index (κ1) is 20.3. The second-order valence-corrected chi connectivity index (χ2v) is 7.01. The average molecular weight is 384 g/mol. The van der Waals surface area contributed by atoms with Gasteiger partial charge in [-0.2, -0.15) is 0 Å². The van der Waals surface area contributed by atoms with Crippen LogP contribution in [0.1, 0.15) is 22.7 Å². The van der Waals surface area contributed by atoms with Crippen LogP contribution in [0.25, 0.3) is 0 Å². The molecule has 2 aromatic rings. The van der Waals surface area contributed by atoms with E-state index >= 15 is 0 Å². The molecule has 1 heterocycles. The highest BCUT2D eigenvalue weighted by Gasteiger charge is 2.23. The monoisotopic (exact) mass is 384 g/mol. The predicted molar refractivity (Wildman–Crippen MR) is 111 cm³/mol. The minimum absolute atomic E-state index is 0.127. The summed E-state index contributed by atoms with van der Waals surface area (Å²) in [6.45, 7) is 6.64. The van der Waals surface area contributed by atoms with Gasteiger partial charge < -0.3 is 15.4 Å². The van der Waals surface area contributed by atoms with Crippen molar-refractivity contribution in [1.29, 1.82) is 0 Å². The van der Waals surface area contributed by atoms with E-state index < -0.39 is 0 Å². The summed E-state index contributed by atoms with van der Waals surface area (Å²) in [5, 5.41) is 6.79. The fourth-order valence-corrected chi connectivity index (χ4v) is 3.45. The van der Waals surface area contributed by atoms with E-state index in [-0.39, 0.29) is 11.9 Å². The van der Waals surface area contributed by atoms with Crippen molar-refractivity contribution in [3.63, 3.8) is 0 Å². The van der Waals surface area contributed by atoms with Gasteiger partial charge in [-0.3, -0.25) is 9.89 Å². The van der Waals surface area contributed by atoms with Gasteiger partial charge in [0.1, 0.15) is 5.82 Å². The molecule has 1 atom stereocenters. The van der Waals surface area contributed by atoms with Crippen molar-refractivity contribution in [1.82, 2.24) is 15.5 Å². The maximum atomic E-state index is 13.4. The standard InChI is InChI=1S/C22H29FN4O/c1-17-4-3-5-18(14-17)15-25-22(24-2)26-16-21(27-10-12-28-13-11-27)19-6-8-20(23)9-7-19/h3-9,14,21H,10-13,15-16H2,1-2H3,(H2,24,25,26). The zero-order chi connectivity index (χ0) is 19.8. The lowest BCUT2D eigenvalue weighted by Crippen LogP contribution is -2.46. The molecular weight excluding hydrogens is 355 g/mol. The number of aliphatic imine (C=N–C) groups is 1. The van der Waals surface area contributed by atoms with Crippen LogP contribution in [0.5, 0.6) is 0 Å². The van der Waals surface area contributed by atoms with Crippen molar-refractivity contribution >= 4 is 5.96 Å². The summed E-state index contributed by atoms with van der Waals surface area (Å²) >= 11 is 0. The van der Waals surface area contributed by atoms with Crippen LogP contribution in [0.15, 0.2) is 53.5 Å². The molecule has 0 saturated carbocycles. The van der Waals surface area contributed by atoms with Crippen LogP contribution in [0.4, 0.5) is 4.39 Å². The second-order valence-electron chi connectivity index (χ2n) is 7.01. The lowest BCUT2D eigenvalue weighted by Gasteiger charge is -2.35. The van der Waals surface area contributed by atoms with Gasteiger partial charge in [0.05, 0.1) is 19.3 Å². The van der Waals surface area contributed by atoms with E-state index in [0.717, 1.165) is 37.8 Å². The molecule has 5 nitrogen and oxygen atoms in total. The Bertz CT molecular complexity index is 772. The van der Waals surface area contributed by atoms with Gasteiger partial charge in [-0.05, 0) is 30.2 Å². The van der Waals surface area contributed by atoms with Crippen LogP contribution in [0.3, 0.4) is 0 Å². The SMILES string of the molecule is CN=C(NCc1cccc(C)c1)NCC(c1ccc(F)cc1)N1CCOCC1. The van der Waals surface area contributed by atoms with E-state index in [0.29, 0.717) is 13.1 Å². The third-order valence-electron chi connectivity index (χ3n) is 4.97. The van der Waals surface area contributed by atoms with Gasteiger partial charge in [-0.15, -0.1) is 0 Å². The number of guanidine groups is 1. The Morgan fingerprint density at radius 2 is 1.89 bits per heavy atom. The van der Waals surface area contributed by atoms with E-state index in [1.165, 1.54) is 23.3 Å². The van der Waals surface area contributed by atoms with Gasteiger partial charge in [-0.25, -0.2) is 4.39 Å². The average Bonchev–Trinajstić information content (AvgIpc) is 2.72. The molecule has 3 rings (SSSR count). The molecule has 0 radical (unpaired) electrons. The number of nitrogens with zero attached hydrogens (tertiary/aromatic N) is 2. The summed E-state index contributed by atoms with van der Waals surface area (Å²) in [4.78, 5) is 6.71. The summed E-state index contributed by atoms with van der Waals surface area (Å²) in [5.74, 6) is 0.537. The van der Waals surface area contributed by atoms with E-state index in [4.69, 9.17) is 4.74 Å².